The number of hydrogen-bond donors (Lipinski definition) is 0. The van der Waals surface area contributed by atoms with Gasteiger partial charge in [0.25, 0.3) is 0 Å². The average Bonchev–Trinajstić information content (AvgIpc) is 2.91. The van der Waals surface area contributed by atoms with Crippen LogP contribution in [0.4, 0.5) is 0 Å². The van der Waals surface area contributed by atoms with Gasteiger partial charge in [-0.1, -0.05) is 85.5 Å². The Morgan fingerprint density at radius 2 is 1.75 bits per heavy atom. The molecule has 0 radical (unpaired) electrons. The number of benzene rings is 3. The van der Waals surface area contributed by atoms with Crippen molar-refractivity contribution in [2.24, 2.45) is 0 Å². The van der Waals surface area contributed by atoms with Crippen LogP contribution in [0.15, 0.2) is 85.5 Å². The lowest BCUT2D eigenvalue weighted by molar-refractivity contribution is 0.0392. The molecule has 3 aromatic rings. The summed E-state index contributed by atoms with van der Waals surface area (Å²) in [6, 6.07) is 21.3. The Labute approximate surface area is 142 Å². The van der Waals surface area contributed by atoms with E-state index in [4.69, 9.17) is 4.74 Å². The molecule has 118 valence electrons. The summed E-state index contributed by atoms with van der Waals surface area (Å²) in [4.78, 5) is 0. The van der Waals surface area contributed by atoms with Crippen molar-refractivity contribution in [3.8, 4) is 11.1 Å². The molecule has 1 aliphatic carbocycles. The quantitative estimate of drug-likeness (QED) is 0.550. The van der Waals surface area contributed by atoms with E-state index in [1.54, 1.807) is 0 Å². The molecular formula is C23H20O. The number of rotatable bonds is 4. The molecule has 1 atom stereocenters. The topological polar surface area (TPSA) is 9.23 Å². The summed E-state index contributed by atoms with van der Waals surface area (Å²) in [5, 5.41) is 2.43. The van der Waals surface area contributed by atoms with Crippen LogP contribution in [-0.4, -0.2) is 6.61 Å². The molecule has 0 saturated carbocycles. The van der Waals surface area contributed by atoms with E-state index in [0.29, 0.717) is 6.61 Å². The van der Waals surface area contributed by atoms with E-state index in [1.807, 2.05) is 13.0 Å². The molecule has 1 nitrogen and oxygen atoms in total. The van der Waals surface area contributed by atoms with E-state index in [9.17, 15) is 0 Å². The lowest BCUT2D eigenvalue weighted by atomic mass is 9.87. The van der Waals surface area contributed by atoms with Crippen LogP contribution in [0.2, 0.25) is 0 Å². The fourth-order valence-corrected chi connectivity index (χ4v) is 3.73. The summed E-state index contributed by atoms with van der Waals surface area (Å²) in [7, 11) is 0. The molecule has 0 N–H and O–H groups in total. The van der Waals surface area contributed by atoms with Gasteiger partial charge in [-0.15, -0.1) is 0 Å². The van der Waals surface area contributed by atoms with E-state index >= 15 is 0 Å². The molecule has 3 aromatic carbocycles. The second kappa shape index (κ2) is 5.47. The van der Waals surface area contributed by atoms with Gasteiger partial charge in [0, 0.05) is 11.1 Å². The van der Waals surface area contributed by atoms with E-state index in [1.165, 1.54) is 27.5 Å². The van der Waals surface area contributed by atoms with Crippen molar-refractivity contribution in [3.05, 3.63) is 96.6 Å². The van der Waals surface area contributed by atoms with Crippen molar-refractivity contribution in [2.45, 2.75) is 12.5 Å². The predicted octanol–water partition coefficient (Wildman–Crippen LogP) is 5.84. The molecule has 24 heavy (non-hydrogen) atoms. The van der Waals surface area contributed by atoms with Crippen molar-refractivity contribution in [1.29, 1.82) is 0 Å². The van der Waals surface area contributed by atoms with Gasteiger partial charge < -0.3 is 4.74 Å². The van der Waals surface area contributed by atoms with E-state index < -0.39 is 5.60 Å². The van der Waals surface area contributed by atoms with Gasteiger partial charge in [0.2, 0.25) is 0 Å². The highest BCUT2D eigenvalue weighted by Crippen LogP contribution is 2.52. The van der Waals surface area contributed by atoms with Gasteiger partial charge >= 0.3 is 0 Å². The molecule has 4 rings (SSSR count). The van der Waals surface area contributed by atoms with Crippen LogP contribution >= 0.6 is 0 Å². The minimum absolute atomic E-state index is 0.503. The van der Waals surface area contributed by atoms with Gasteiger partial charge in [-0.2, -0.15) is 0 Å². The fraction of sp³-hybridized carbons (Fsp3) is 0.130. The first kappa shape index (κ1) is 14.9. The first-order valence-corrected chi connectivity index (χ1v) is 8.21. The smallest absolute Gasteiger partial charge is 0.138 e. The first-order chi connectivity index (χ1) is 11.7. The average molecular weight is 312 g/mol. The zero-order chi connectivity index (χ0) is 16.7. The first-order valence-electron chi connectivity index (χ1n) is 8.21. The number of fused-ring (bicyclic) bond motifs is 5. The maximum atomic E-state index is 6.44. The summed E-state index contributed by atoms with van der Waals surface area (Å²) >= 11 is 0. The summed E-state index contributed by atoms with van der Waals surface area (Å²) in [5.74, 6) is 0. The lowest BCUT2D eigenvalue weighted by Gasteiger charge is -2.30. The minimum atomic E-state index is -0.633. The second-order valence-corrected chi connectivity index (χ2v) is 6.44. The van der Waals surface area contributed by atoms with Crippen LogP contribution in [0.1, 0.15) is 18.1 Å². The molecule has 0 amide bonds. The molecule has 0 saturated heterocycles. The molecule has 1 heteroatoms. The maximum Gasteiger partial charge on any atom is 0.138 e. The van der Waals surface area contributed by atoms with E-state index in [0.717, 1.165) is 11.1 Å². The maximum absolute atomic E-state index is 6.44. The normalized spacial score (nSPS) is 18.2. The monoisotopic (exact) mass is 312 g/mol. The minimum Gasteiger partial charge on any atom is -0.357 e. The lowest BCUT2D eigenvalue weighted by Crippen LogP contribution is -2.27. The zero-order valence-corrected chi connectivity index (χ0v) is 13.9. The van der Waals surface area contributed by atoms with Crippen LogP contribution in [0.25, 0.3) is 21.9 Å². The molecule has 1 unspecified atom stereocenters. The fourth-order valence-electron chi connectivity index (χ4n) is 3.73. The van der Waals surface area contributed by atoms with Crippen molar-refractivity contribution in [3.63, 3.8) is 0 Å². The van der Waals surface area contributed by atoms with Gasteiger partial charge in [0.1, 0.15) is 5.60 Å². The van der Waals surface area contributed by atoms with Gasteiger partial charge in [-0.3, -0.25) is 0 Å². The highest BCUT2D eigenvalue weighted by Gasteiger charge is 2.43. The Morgan fingerprint density at radius 3 is 2.54 bits per heavy atom. The Morgan fingerprint density at radius 1 is 1.00 bits per heavy atom. The van der Waals surface area contributed by atoms with Crippen LogP contribution < -0.4 is 0 Å². The summed E-state index contributed by atoms with van der Waals surface area (Å²) in [6.07, 6.45) is 1.94. The van der Waals surface area contributed by atoms with E-state index in [2.05, 4.69) is 73.8 Å². The molecule has 0 spiro atoms. The Balaban J connectivity index is 2.08. The third-order valence-corrected chi connectivity index (χ3v) is 4.75. The van der Waals surface area contributed by atoms with Gasteiger partial charge in [-0.05, 0) is 28.8 Å². The summed E-state index contributed by atoms with van der Waals surface area (Å²) in [5.41, 5.74) is 5.17. The Kier molecular flexibility index (Phi) is 3.40. The zero-order valence-electron chi connectivity index (χ0n) is 13.9. The summed E-state index contributed by atoms with van der Waals surface area (Å²) < 4.78 is 6.44. The Bertz CT molecular complexity index is 967. The van der Waals surface area contributed by atoms with Crippen LogP contribution in [0, 0.1) is 0 Å². The highest BCUT2D eigenvalue weighted by molar-refractivity contribution is 5.97. The van der Waals surface area contributed by atoms with Crippen LogP contribution in [0.3, 0.4) is 0 Å². The molecule has 1 aliphatic rings. The van der Waals surface area contributed by atoms with Crippen molar-refractivity contribution < 1.29 is 4.74 Å². The Hall–Kier alpha value is -2.64. The van der Waals surface area contributed by atoms with Crippen LogP contribution in [-0.2, 0) is 10.3 Å². The van der Waals surface area contributed by atoms with Crippen molar-refractivity contribution in [2.75, 3.05) is 6.61 Å². The van der Waals surface area contributed by atoms with Crippen molar-refractivity contribution >= 4 is 10.8 Å². The molecule has 0 aliphatic heterocycles. The van der Waals surface area contributed by atoms with Gasteiger partial charge in [-0.25, -0.2) is 0 Å². The standard InChI is InChI=1S/C23H20O/c1-4-23(24-15-16(2)3)21-12-8-7-11-19(21)20-14-13-17-9-5-6-10-18(17)22(20)23/h4-14H,1-2,15H2,3H3. The summed E-state index contributed by atoms with van der Waals surface area (Å²) in [6.45, 7) is 10.6. The number of hydrogen-bond acceptors (Lipinski definition) is 1. The van der Waals surface area contributed by atoms with E-state index in [-0.39, 0.29) is 0 Å². The predicted molar refractivity (Wildman–Crippen MR) is 101 cm³/mol. The highest BCUT2D eigenvalue weighted by atomic mass is 16.5. The van der Waals surface area contributed by atoms with Gasteiger partial charge in [0.15, 0.2) is 0 Å². The van der Waals surface area contributed by atoms with Gasteiger partial charge in [0.05, 0.1) is 6.61 Å². The molecule has 0 fully saturated rings. The third kappa shape index (κ3) is 1.98. The SMILES string of the molecule is C=CC1(OCC(=C)C)c2ccccc2-c2ccc3ccccc3c21. The molecule has 0 heterocycles. The van der Waals surface area contributed by atoms with Crippen molar-refractivity contribution in [1.82, 2.24) is 0 Å². The molecule has 0 bridgehead atoms. The molecular weight excluding hydrogens is 292 g/mol. The largest absolute Gasteiger partial charge is 0.357 e. The van der Waals surface area contributed by atoms with Crippen LogP contribution in [0.5, 0.6) is 0 Å². The number of ether oxygens (including phenoxy) is 1. The third-order valence-electron chi connectivity index (χ3n) is 4.75. The molecule has 0 aromatic heterocycles. The second-order valence-electron chi connectivity index (χ2n) is 6.44.